The van der Waals surface area contributed by atoms with Crippen LogP contribution in [0, 0.1) is 11.8 Å². The summed E-state index contributed by atoms with van der Waals surface area (Å²) in [6.07, 6.45) is 4.04. The Morgan fingerprint density at radius 2 is 1.81 bits per heavy atom. The van der Waals surface area contributed by atoms with Crippen molar-refractivity contribution in [1.82, 2.24) is 13.9 Å². The summed E-state index contributed by atoms with van der Waals surface area (Å²) in [4.78, 5) is 2.46. The summed E-state index contributed by atoms with van der Waals surface area (Å²) in [5.41, 5.74) is 1.34. The minimum atomic E-state index is -3.38. The number of nitrogens with zero attached hydrogens (tertiary/aromatic N) is 2. The maximum Gasteiger partial charge on any atom is 0.279 e. The third-order valence-corrected chi connectivity index (χ3v) is 7.28. The van der Waals surface area contributed by atoms with E-state index in [1.54, 1.807) is 11.4 Å². The van der Waals surface area contributed by atoms with Gasteiger partial charge >= 0.3 is 0 Å². The van der Waals surface area contributed by atoms with Crippen LogP contribution in [0.25, 0.3) is 0 Å². The molecule has 0 aromatic heterocycles. The third kappa shape index (κ3) is 6.26. The van der Waals surface area contributed by atoms with Crippen molar-refractivity contribution >= 4 is 10.2 Å². The Balaban J connectivity index is 1.41. The number of benzene rings is 1. The van der Waals surface area contributed by atoms with Crippen molar-refractivity contribution in [1.29, 1.82) is 0 Å². The number of hydrogen-bond acceptors (Lipinski definition) is 4. The molecule has 1 aromatic carbocycles. The van der Waals surface area contributed by atoms with Crippen molar-refractivity contribution in [3.05, 3.63) is 35.9 Å². The molecule has 2 aliphatic heterocycles. The number of hydrogen-bond donors (Lipinski definition) is 1. The quantitative estimate of drug-likeness (QED) is 0.732. The second-order valence-corrected chi connectivity index (χ2v) is 9.64. The van der Waals surface area contributed by atoms with E-state index in [2.05, 4.69) is 33.9 Å². The van der Waals surface area contributed by atoms with Crippen LogP contribution in [0.3, 0.4) is 0 Å². The van der Waals surface area contributed by atoms with E-state index in [-0.39, 0.29) is 0 Å². The Morgan fingerprint density at radius 1 is 1.07 bits per heavy atom. The molecule has 7 heteroatoms. The van der Waals surface area contributed by atoms with Crippen molar-refractivity contribution in [2.45, 2.75) is 32.2 Å². The summed E-state index contributed by atoms with van der Waals surface area (Å²) >= 11 is 0. The minimum Gasteiger partial charge on any atom is -0.384 e. The van der Waals surface area contributed by atoms with E-state index >= 15 is 0 Å². The molecule has 0 spiro atoms. The molecule has 2 saturated heterocycles. The van der Waals surface area contributed by atoms with Gasteiger partial charge in [0.25, 0.3) is 10.2 Å². The first-order valence-electron chi connectivity index (χ1n) is 10.1. The highest BCUT2D eigenvalue weighted by Crippen LogP contribution is 2.21. The predicted molar refractivity (Wildman–Crippen MR) is 108 cm³/mol. The lowest BCUT2D eigenvalue weighted by Crippen LogP contribution is -2.48. The standard InChI is InChI=1S/C20H33N3O3S/c1-26-17-20-8-5-11-23(16-20)27(24,25)21-14-18-9-12-22(13-10-18)15-19-6-3-2-4-7-19/h2-4,6-7,18,20-21H,5,8-17H2,1H3/t20-/m0/s1. The molecule has 2 heterocycles. The second-order valence-electron chi connectivity index (χ2n) is 7.88. The molecule has 0 radical (unpaired) electrons. The Labute approximate surface area is 164 Å². The zero-order chi connectivity index (χ0) is 19.1. The van der Waals surface area contributed by atoms with Gasteiger partial charge in [0.05, 0.1) is 6.61 Å². The summed E-state index contributed by atoms with van der Waals surface area (Å²) in [6, 6.07) is 10.5. The van der Waals surface area contributed by atoms with Crippen LogP contribution in [0.5, 0.6) is 0 Å². The average molecular weight is 396 g/mol. The summed E-state index contributed by atoms with van der Waals surface area (Å²) in [7, 11) is -1.71. The molecule has 0 bridgehead atoms. The lowest BCUT2D eigenvalue weighted by Gasteiger charge is -2.34. The molecule has 0 aliphatic carbocycles. The summed E-state index contributed by atoms with van der Waals surface area (Å²) in [5.74, 6) is 0.730. The van der Waals surface area contributed by atoms with Crippen molar-refractivity contribution in [2.24, 2.45) is 11.8 Å². The highest BCUT2D eigenvalue weighted by molar-refractivity contribution is 7.87. The fourth-order valence-corrected chi connectivity index (χ4v) is 5.53. The highest BCUT2D eigenvalue weighted by Gasteiger charge is 2.29. The van der Waals surface area contributed by atoms with Gasteiger partial charge in [0.1, 0.15) is 0 Å². The van der Waals surface area contributed by atoms with Crippen LogP contribution in [0.1, 0.15) is 31.2 Å². The van der Waals surface area contributed by atoms with E-state index in [0.717, 1.165) is 45.3 Å². The lowest BCUT2D eigenvalue weighted by molar-refractivity contribution is 0.118. The summed E-state index contributed by atoms with van der Waals surface area (Å²) in [6.45, 7) is 5.40. The molecule has 0 saturated carbocycles. The fourth-order valence-electron chi connectivity index (χ4n) is 4.12. The molecule has 2 aliphatic rings. The van der Waals surface area contributed by atoms with Crippen LogP contribution in [0.4, 0.5) is 0 Å². The van der Waals surface area contributed by atoms with Gasteiger partial charge in [-0.3, -0.25) is 4.90 Å². The second kappa shape index (κ2) is 9.98. The van der Waals surface area contributed by atoms with Gasteiger partial charge in [-0.25, -0.2) is 4.72 Å². The molecule has 27 heavy (non-hydrogen) atoms. The molecule has 2 fully saturated rings. The van der Waals surface area contributed by atoms with Gasteiger partial charge in [-0.2, -0.15) is 12.7 Å². The largest absolute Gasteiger partial charge is 0.384 e. The van der Waals surface area contributed by atoms with E-state index < -0.39 is 10.2 Å². The average Bonchev–Trinajstić information content (AvgIpc) is 2.69. The number of ether oxygens (including phenoxy) is 1. The first-order valence-corrected chi connectivity index (χ1v) is 11.5. The van der Waals surface area contributed by atoms with Crippen LogP contribution in [0.2, 0.25) is 0 Å². The van der Waals surface area contributed by atoms with E-state index in [1.165, 1.54) is 5.56 Å². The molecule has 1 atom stereocenters. The summed E-state index contributed by atoms with van der Waals surface area (Å²) in [5, 5.41) is 0. The van der Waals surface area contributed by atoms with Crippen LogP contribution in [-0.2, 0) is 21.5 Å². The molecule has 3 rings (SSSR count). The zero-order valence-corrected chi connectivity index (χ0v) is 17.2. The maximum absolute atomic E-state index is 12.6. The van der Waals surface area contributed by atoms with Crippen molar-refractivity contribution in [2.75, 3.05) is 46.4 Å². The highest BCUT2D eigenvalue weighted by atomic mass is 32.2. The van der Waals surface area contributed by atoms with Gasteiger partial charge in [-0.1, -0.05) is 30.3 Å². The fraction of sp³-hybridized carbons (Fsp3) is 0.700. The van der Waals surface area contributed by atoms with Crippen molar-refractivity contribution in [3.8, 4) is 0 Å². The van der Waals surface area contributed by atoms with Crippen molar-refractivity contribution in [3.63, 3.8) is 0 Å². The predicted octanol–water partition coefficient (Wildman–Crippen LogP) is 2.09. The number of rotatable bonds is 8. The summed E-state index contributed by atoms with van der Waals surface area (Å²) < 4.78 is 35.0. The van der Waals surface area contributed by atoms with Crippen LogP contribution in [-0.4, -0.2) is 64.1 Å². The zero-order valence-electron chi connectivity index (χ0n) is 16.3. The topological polar surface area (TPSA) is 61.9 Å². The Hall–Kier alpha value is -0.990. The van der Waals surface area contributed by atoms with E-state index in [1.807, 2.05) is 6.07 Å². The molecule has 0 unspecified atom stereocenters. The molecule has 1 aromatic rings. The van der Waals surface area contributed by atoms with Crippen LogP contribution in [0.15, 0.2) is 30.3 Å². The van der Waals surface area contributed by atoms with E-state index in [4.69, 9.17) is 4.74 Å². The normalized spacial score (nSPS) is 23.5. The molecule has 1 N–H and O–H groups in total. The Kier molecular flexibility index (Phi) is 7.66. The molecule has 0 amide bonds. The van der Waals surface area contributed by atoms with Crippen LogP contribution >= 0.6 is 0 Å². The van der Waals surface area contributed by atoms with Crippen LogP contribution < -0.4 is 4.72 Å². The SMILES string of the molecule is COC[C@H]1CCCN(S(=O)(=O)NCC2CCN(Cc3ccccc3)CC2)C1. The van der Waals surface area contributed by atoms with E-state index in [9.17, 15) is 8.42 Å². The van der Waals surface area contributed by atoms with Crippen molar-refractivity contribution < 1.29 is 13.2 Å². The van der Waals surface area contributed by atoms with Gasteiger partial charge in [-0.05, 0) is 56.2 Å². The Morgan fingerprint density at radius 3 is 2.52 bits per heavy atom. The Bertz CT molecular complexity index is 658. The maximum atomic E-state index is 12.6. The monoisotopic (exact) mass is 395 g/mol. The number of methoxy groups -OCH3 is 1. The van der Waals surface area contributed by atoms with Gasteiger partial charge in [0.2, 0.25) is 0 Å². The number of likely N-dealkylation sites (tertiary alicyclic amines) is 1. The van der Waals surface area contributed by atoms with Gasteiger partial charge in [0.15, 0.2) is 0 Å². The first-order chi connectivity index (χ1) is 13.1. The number of piperidine rings is 2. The van der Waals surface area contributed by atoms with E-state index in [0.29, 0.717) is 38.1 Å². The third-order valence-electron chi connectivity index (χ3n) is 5.73. The number of nitrogens with one attached hydrogen (secondary N) is 1. The smallest absolute Gasteiger partial charge is 0.279 e. The lowest BCUT2D eigenvalue weighted by atomic mass is 9.97. The van der Waals surface area contributed by atoms with Gasteiger partial charge in [-0.15, -0.1) is 0 Å². The molecule has 6 nitrogen and oxygen atoms in total. The van der Waals surface area contributed by atoms with Gasteiger partial charge in [0, 0.05) is 33.3 Å². The molecular formula is C20H33N3O3S. The molecular weight excluding hydrogens is 362 g/mol. The van der Waals surface area contributed by atoms with Gasteiger partial charge < -0.3 is 4.74 Å². The first kappa shape index (κ1) is 20.7. The minimum absolute atomic E-state index is 0.307. The molecule has 152 valence electrons.